The van der Waals surface area contributed by atoms with Crippen LogP contribution in [0.5, 0.6) is 0 Å². The van der Waals surface area contributed by atoms with Crippen LogP contribution in [0.4, 0.5) is 0 Å². The lowest BCUT2D eigenvalue weighted by molar-refractivity contribution is 0.565. The van der Waals surface area contributed by atoms with Crippen LogP contribution in [0.3, 0.4) is 0 Å². The third kappa shape index (κ3) is 5.02. The second-order valence-electron chi connectivity index (χ2n) is 19.1. The van der Waals surface area contributed by atoms with Crippen molar-refractivity contribution in [1.82, 2.24) is 9.13 Å². The topological polar surface area (TPSA) is 57.4 Å². The number of nitrogens with zero attached hydrogens (tertiary/aromatic N) is 4. The molecular formula is C62H42N4. The fourth-order valence-corrected chi connectivity index (χ4v) is 11.8. The lowest BCUT2D eigenvalue weighted by Gasteiger charge is -2.44. The van der Waals surface area contributed by atoms with Gasteiger partial charge < -0.3 is 9.13 Å². The molecule has 0 saturated heterocycles. The van der Waals surface area contributed by atoms with E-state index >= 15 is 0 Å². The van der Waals surface area contributed by atoms with Crippen LogP contribution in [0.25, 0.3) is 99.5 Å². The van der Waals surface area contributed by atoms with Crippen LogP contribution in [0.15, 0.2) is 182 Å². The molecule has 0 N–H and O–H groups in total. The van der Waals surface area contributed by atoms with Gasteiger partial charge in [0.05, 0.1) is 44.6 Å². The first-order valence-electron chi connectivity index (χ1n) is 22.7. The maximum atomic E-state index is 11.7. The van der Waals surface area contributed by atoms with Crippen molar-refractivity contribution in [1.29, 1.82) is 10.5 Å². The summed E-state index contributed by atoms with van der Waals surface area (Å²) in [5.41, 5.74) is 19.0. The number of hydrogen-bond donors (Lipinski definition) is 0. The van der Waals surface area contributed by atoms with Gasteiger partial charge in [-0.1, -0.05) is 161 Å². The van der Waals surface area contributed by atoms with Crippen LogP contribution in [0.2, 0.25) is 0 Å². The van der Waals surface area contributed by atoms with E-state index in [1.165, 1.54) is 11.1 Å². The minimum Gasteiger partial charge on any atom is -0.307 e. The summed E-state index contributed by atoms with van der Waals surface area (Å²) in [7, 11) is 0. The van der Waals surface area contributed by atoms with Crippen molar-refractivity contribution in [3.05, 3.63) is 215 Å². The van der Waals surface area contributed by atoms with Gasteiger partial charge >= 0.3 is 0 Å². The Bertz CT molecular complexity index is 3710. The molecule has 9 aromatic carbocycles. The lowest BCUT2D eigenvalue weighted by atomic mass is 9.63. The van der Waals surface area contributed by atoms with Gasteiger partial charge in [0.25, 0.3) is 0 Å². The molecule has 2 aromatic heterocycles. The minimum atomic E-state index is -0.622. The summed E-state index contributed by atoms with van der Waals surface area (Å²) in [5, 5.41) is 27.8. The Morgan fingerprint density at radius 2 is 0.667 bits per heavy atom. The highest BCUT2D eigenvalue weighted by atomic mass is 15.0. The standard InChI is InChI=1S/C62H42N4/c1-61(2)51-33-43(39-21-13-7-14-22-39)31-47-45-29-41(37-17-9-5-10-18-37)25-27-53(45)65(57(47)51)59-49(35-63)50(36-64)60-56(55(59)61)62(3,4)52-34-44(40-23-15-8-16-24-40)32-48-46-30-42(38-19-11-6-12-20-38)26-28-54(46)66(60)58(48)52/h5-34H,1-4H3. The van der Waals surface area contributed by atoms with E-state index in [0.29, 0.717) is 11.1 Å². The van der Waals surface area contributed by atoms with Crippen LogP contribution < -0.4 is 0 Å². The highest BCUT2D eigenvalue weighted by Gasteiger charge is 2.48. The molecule has 310 valence electrons. The summed E-state index contributed by atoms with van der Waals surface area (Å²) in [5.74, 6) is 0. The van der Waals surface area contributed by atoms with E-state index < -0.39 is 10.8 Å². The zero-order valence-electron chi connectivity index (χ0n) is 37.1. The van der Waals surface area contributed by atoms with Crippen molar-refractivity contribution in [2.75, 3.05) is 0 Å². The maximum absolute atomic E-state index is 11.7. The molecule has 0 fully saturated rings. The molecule has 0 amide bonds. The van der Waals surface area contributed by atoms with Gasteiger partial charge in [-0.2, -0.15) is 10.5 Å². The summed E-state index contributed by atoms with van der Waals surface area (Å²) in [6.07, 6.45) is 0. The molecule has 66 heavy (non-hydrogen) atoms. The Morgan fingerprint density at radius 3 is 1.00 bits per heavy atom. The van der Waals surface area contributed by atoms with Gasteiger partial charge in [-0.05, 0) is 115 Å². The first-order chi connectivity index (χ1) is 32.2. The summed E-state index contributed by atoms with van der Waals surface area (Å²) >= 11 is 0. The molecule has 0 aliphatic carbocycles. The highest BCUT2D eigenvalue weighted by Crippen LogP contribution is 2.59. The zero-order chi connectivity index (χ0) is 44.6. The molecular weight excluding hydrogens is 801 g/mol. The maximum Gasteiger partial charge on any atom is 0.103 e. The van der Waals surface area contributed by atoms with Crippen molar-refractivity contribution < 1.29 is 0 Å². The quantitative estimate of drug-likeness (QED) is 0.177. The average molecular weight is 843 g/mol. The van der Waals surface area contributed by atoms with Crippen molar-refractivity contribution in [3.63, 3.8) is 0 Å². The second-order valence-corrected chi connectivity index (χ2v) is 19.1. The molecule has 4 heterocycles. The van der Waals surface area contributed by atoms with Gasteiger partial charge in [0, 0.05) is 32.4 Å². The Labute approximate surface area is 383 Å². The molecule has 2 aliphatic rings. The van der Waals surface area contributed by atoms with E-state index in [2.05, 4.69) is 231 Å². The van der Waals surface area contributed by atoms with Gasteiger partial charge in [0.2, 0.25) is 0 Å². The third-order valence-corrected chi connectivity index (χ3v) is 14.9. The third-order valence-electron chi connectivity index (χ3n) is 14.9. The molecule has 2 aliphatic heterocycles. The Hall–Kier alpha value is -8.44. The molecule has 0 radical (unpaired) electrons. The molecule has 11 aromatic rings. The van der Waals surface area contributed by atoms with E-state index in [4.69, 9.17) is 0 Å². The van der Waals surface area contributed by atoms with Gasteiger partial charge in [-0.3, -0.25) is 0 Å². The summed E-state index contributed by atoms with van der Waals surface area (Å²) in [6, 6.07) is 70.7. The van der Waals surface area contributed by atoms with Crippen LogP contribution >= 0.6 is 0 Å². The largest absolute Gasteiger partial charge is 0.307 e. The molecule has 0 atom stereocenters. The number of rotatable bonds is 4. The van der Waals surface area contributed by atoms with Gasteiger partial charge in [-0.25, -0.2) is 0 Å². The first kappa shape index (κ1) is 38.1. The van der Waals surface area contributed by atoms with Crippen LogP contribution in [-0.2, 0) is 10.8 Å². The van der Waals surface area contributed by atoms with Crippen LogP contribution in [0, 0.1) is 22.7 Å². The Balaban J connectivity index is 1.21. The molecule has 0 spiro atoms. The number of hydrogen-bond acceptors (Lipinski definition) is 2. The van der Waals surface area contributed by atoms with Gasteiger partial charge in [0.1, 0.15) is 12.1 Å². The normalized spacial score (nSPS) is 14.0. The fourth-order valence-electron chi connectivity index (χ4n) is 11.8. The predicted molar refractivity (Wildman–Crippen MR) is 271 cm³/mol. The summed E-state index contributed by atoms with van der Waals surface area (Å²) in [4.78, 5) is 0. The lowest BCUT2D eigenvalue weighted by Crippen LogP contribution is -2.37. The zero-order valence-corrected chi connectivity index (χ0v) is 37.1. The monoisotopic (exact) mass is 842 g/mol. The smallest absolute Gasteiger partial charge is 0.103 e. The van der Waals surface area contributed by atoms with E-state index in [1.54, 1.807) is 0 Å². The number of fused-ring (bicyclic) bond motifs is 11. The number of benzene rings is 9. The SMILES string of the molecule is CC1(C)c2c(c(C#N)c(C#N)c3c2C(C)(C)c2cc(-c4ccccc4)cc4c5cc(-c6ccccc6)ccc5n-3c24)-n2c3ccc(-c4ccccc4)cc3c3cc(-c4ccccc4)cc1c32. The average Bonchev–Trinajstić information content (AvgIpc) is 3.87. The molecule has 13 rings (SSSR count). The highest BCUT2D eigenvalue weighted by molar-refractivity contribution is 6.16. The predicted octanol–water partition coefficient (Wildman–Crippen LogP) is 15.6. The molecule has 4 nitrogen and oxygen atoms in total. The van der Waals surface area contributed by atoms with Crippen molar-refractivity contribution in [2.45, 2.75) is 38.5 Å². The van der Waals surface area contributed by atoms with E-state index in [9.17, 15) is 10.5 Å². The van der Waals surface area contributed by atoms with Crippen LogP contribution in [0.1, 0.15) is 61.1 Å². The molecule has 4 heteroatoms. The van der Waals surface area contributed by atoms with Gasteiger partial charge in [-0.15, -0.1) is 0 Å². The second kappa shape index (κ2) is 13.5. The summed E-state index contributed by atoms with van der Waals surface area (Å²) in [6.45, 7) is 9.34. The molecule has 0 saturated carbocycles. The number of aromatic nitrogens is 2. The summed E-state index contributed by atoms with van der Waals surface area (Å²) < 4.78 is 4.68. The van der Waals surface area contributed by atoms with Crippen LogP contribution in [-0.4, -0.2) is 9.13 Å². The molecule has 0 bridgehead atoms. The van der Waals surface area contributed by atoms with E-state index in [0.717, 1.165) is 111 Å². The molecule has 0 unspecified atom stereocenters. The number of nitriles is 2. The van der Waals surface area contributed by atoms with E-state index in [1.807, 2.05) is 0 Å². The Kier molecular flexibility index (Phi) is 7.81. The van der Waals surface area contributed by atoms with Crippen molar-refractivity contribution in [2.24, 2.45) is 0 Å². The van der Waals surface area contributed by atoms with Gasteiger partial charge in [0.15, 0.2) is 0 Å². The fraction of sp³-hybridized carbons (Fsp3) is 0.0968. The Morgan fingerprint density at radius 1 is 0.348 bits per heavy atom. The van der Waals surface area contributed by atoms with Crippen molar-refractivity contribution >= 4 is 43.6 Å². The van der Waals surface area contributed by atoms with Crippen molar-refractivity contribution in [3.8, 4) is 68.0 Å². The minimum absolute atomic E-state index is 0.402. The van der Waals surface area contributed by atoms with E-state index in [-0.39, 0.29) is 0 Å². The first-order valence-corrected chi connectivity index (χ1v) is 22.7.